The third-order valence-corrected chi connectivity index (χ3v) is 6.61. The van der Waals surface area contributed by atoms with Gasteiger partial charge in [-0.25, -0.2) is 19.6 Å². The first kappa shape index (κ1) is 23.2. The highest BCUT2D eigenvalue weighted by Gasteiger charge is 2.25. The number of benzene rings is 1. The number of anilines is 2. The van der Waals surface area contributed by atoms with E-state index in [0.29, 0.717) is 29.7 Å². The van der Waals surface area contributed by atoms with Crippen LogP contribution in [0.25, 0.3) is 27.8 Å². The number of nitrogen functional groups attached to an aromatic ring is 1. The van der Waals surface area contributed by atoms with Crippen LogP contribution >= 0.6 is 0 Å². The first-order chi connectivity index (χ1) is 16.7. The molecule has 4 aromatic rings. The van der Waals surface area contributed by atoms with Crippen LogP contribution in [0.2, 0.25) is 0 Å². The lowest BCUT2D eigenvalue weighted by Gasteiger charge is -2.17. The molecule has 3 aromatic heterocycles. The molecule has 1 fully saturated rings. The van der Waals surface area contributed by atoms with Crippen LogP contribution in [-0.4, -0.2) is 47.1 Å². The number of rotatable bonds is 6. The molecular formula is C26H31N7O2. The molecule has 3 heterocycles. The van der Waals surface area contributed by atoms with Crippen LogP contribution in [0, 0.1) is 0 Å². The highest BCUT2D eigenvalue weighted by Crippen LogP contribution is 2.32. The third-order valence-electron chi connectivity index (χ3n) is 6.61. The second-order valence-corrected chi connectivity index (χ2v) is 9.71. The van der Waals surface area contributed by atoms with Crippen LogP contribution in [0.3, 0.4) is 0 Å². The van der Waals surface area contributed by atoms with E-state index in [1.54, 1.807) is 30.9 Å². The molecule has 182 valence electrons. The molecule has 2 atom stereocenters. The molecule has 35 heavy (non-hydrogen) atoms. The van der Waals surface area contributed by atoms with Crippen LogP contribution in [-0.2, 0) is 12.0 Å². The Bertz CT molecular complexity index is 1360. The minimum atomic E-state index is -0.902. The van der Waals surface area contributed by atoms with E-state index >= 15 is 0 Å². The van der Waals surface area contributed by atoms with Gasteiger partial charge in [0.25, 0.3) is 0 Å². The lowest BCUT2D eigenvalue weighted by Crippen LogP contribution is -2.19. The number of aryl methyl sites for hydroxylation is 1. The average Bonchev–Trinajstić information content (AvgIpc) is 3.48. The van der Waals surface area contributed by atoms with E-state index in [9.17, 15) is 10.2 Å². The summed E-state index contributed by atoms with van der Waals surface area (Å²) in [5.41, 5.74) is 10.7. The maximum atomic E-state index is 10.2. The van der Waals surface area contributed by atoms with Crippen LogP contribution in [0.1, 0.15) is 51.3 Å². The summed E-state index contributed by atoms with van der Waals surface area (Å²) in [6, 6.07) is 7.81. The predicted molar refractivity (Wildman–Crippen MR) is 136 cm³/mol. The number of aliphatic hydroxyl groups excluding tert-OH is 1. The van der Waals surface area contributed by atoms with Gasteiger partial charge in [0, 0.05) is 29.6 Å². The number of hydrogen-bond acceptors (Lipinski definition) is 8. The lowest BCUT2D eigenvalue weighted by atomic mass is 9.98. The SMILES string of the molecule is CCc1nc2c(N)ncc(-c3cnn(-c4ccc(C(C)(C)O)cc4)c3)c2nc1N[C@@H]1CC[C@H](O)C1. The minimum absolute atomic E-state index is 0.166. The Morgan fingerprint density at radius 3 is 2.54 bits per heavy atom. The second kappa shape index (κ2) is 8.90. The first-order valence-electron chi connectivity index (χ1n) is 12.0. The Hall–Kier alpha value is -3.56. The first-order valence-corrected chi connectivity index (χ1v) is 12.0. The molecule has 1 aliphatic carbocycles. The van der Waals surface area contributed by atoms with Crippen LogP contribution in [0.15, 0.2) is 42.9 Å². The molecule has 5 N–H and O–H groups in total. The number of aromatic nitrogens is 5. The van der Waals surface area contributed by atoms with E-state index in [2.05, 4.69) is 15.4 Å². The summed E-state index contributed by atoms with van der Waals surface area (Å²) < 4.78 is 1.78. The predicted octanol–water partition coefficient (Wildman–Crippen LogP) is 3.57. The Morgan fingerprint density at radius 2 is 1.89 bits per heavy atom. The largest absolute Gasteiger partial charge is 0.393 e. The van der Waals surface area contributed by atoms with Gasteiger partial charge in [0.1, 0.15) is 16.9 Å². The van der Waals surface area contributed by atoms with Gasteiger partial charge in [0.15, 0.2) is 5.82 Å². The monoisotopic (exact) mass is 473 g/mol. The molecule has 1 aliphatic rings. The molecule has 0 saturated heterocycles. The number of nitrogens with two attached hydrogens (primary N) is 1. The van der Waals surface area contributed by atoms with Crippen molar-refractivity contribution in [2.24, 2.45) is 0 Å². The summed E-state index contributed by atoms with van der Waals surface area (Å²) in [5, 5.41) is 28.2. The summed E-state index contributed by atoms with van der Waals surface area (Å²) in [4.78, 5) is 14.1. The van der Waals surface area contributed by atoms with Gasteiger partial charge < -0.3 is 21.3 Å². The standard InChI is InChI=1S/C26H31N7O2/c1-4-21-25(30-17-7-10-19(34)11-17)32-22-20(13-28-24(27)23(22)31-21)15-12-29-33(14-15)18-8-5-16(6-9-18)26(2,3)35/h5-6,8-9,12-14,17,19,34-35H,4,7,10-11H2,1-3H3,(H2,27,28)(H,30,32)/t17-,19+/m1/s1. The van der Waals surface area contributed by atoms with Gasteiger partial charge in [0.2, 0.25) is 0 Å². The Labute approximate surface area is 204 Å². The zero-order valence-corrected chi connectivity index (χ0v) is 20.2. The van der Waals surface area contributed by atoms with Gasteiger partial charge in [-0.2, -0.15) is 5.10 Å². The molecule has 0 bridgehead atoms. The highest BCUT2D eigenvalue weighted by molar-refractivity contribution is 5.96. The van der Waals surface area contributed by atoms with Gasteiger partial charge in [-0.1, -0.05) is 19.1 Å². The summed E-state index contributed by atoms with van der Waals surface area (Å²) >= 11 is 0. The van der Waals surface area contributed by atoms with Gasteiger partial charge in [0.05, 0.1) is 29.3 Å². The Balaban J connectivity index is 1.53. The fraction of sp³-hybridized carbons (Fsp3) is 0.385. The molecule has 9 nitrogen and oxygen atoms in total. The number of hydrogen-bond donors (Lipinski definition) is 4. The van der Waals surface area contributed by atoms with Crippen molar-refractivity contribution < 1.29 is 10.2 Å². The van der Waals surface area contributed by atoms with E-state index in [0.717, 1.165) is 46.7 Å². The van der Waals surface area contributed by atoms with Crippen molar-refractivity contribution >= 4 is 22.7 Å². The van der Waals surface area contributed by atoms with Crippen molar-refractivity contribution in [3.05, 3.63) is 54.1 Å². The van der Waals surface area contributed by atoms with Gasteiger partial charge in [-0.05, 0) is 57.2 Å². The van der Waals surface area contributed by atoms with E-state index in [1.165, 1.54) is 0 Å². The second-order valence-electron chi connectivity index (χ2n) is 9.71. The lowest BCUT2D eigenvalue weighted by molar-refractivity contribution is 0.0786. The zero-order valence-electron chi connectivity index (χ0n) is 20.2. The van der Waals surface area contributed by atoms with Gasteiger partial charge in [-0.3, -0.25) is 0 Å². The zero-order chi connectivity index (χ0) is 24.7. The fourth-order valence-electron chi connectivity index (χ4n) is 4.57. The Kier molecular flexibility index (Phi) is 5.90. The number of nitrogens with one attached hydrogen (secondary N) is 1. The molecule has 9 heteroatoms. The van der Waals surface area contributed by atoms with Crippen LogP contribution < -0.4 is 11.1 Å². The summed E-state index contributed by atoms with van der Waals surface area (Å²) in [7, 11) is 0. The van der Waals surface area contributed by atoms with Crippen molar-refractivity contribution in [1.29, 1.82) is 0 Å². The quantitative estimate of drug-likeness (QED) is 0.334. The molecule has 0 amide bonds. The molecular weight excluding hydrogens is 442 g/mol. The maximum absolute atomic E-state index is 10.2. The maximum Gasteiger partial charge on any atom is 0.151 e. The van der Waals surface area contributed by atoms with Crippen molar-refractivity contribution in [1.82, 2.24) is 24.7 Å². The number of fused-ring (bicyclic) bond motifs is 1. The molecule has 5 rings (SSSR count). The summed E-state index contributed by atoms with van der Waals surface area (Å²) in [6.07, 6.45) is 8.21. The summed E-state index contributed by atoms with van der Waals surface area (Å²) in [5.74, 6) is 1.06. The van der Waals surface area contributed by atoms with Crippen molar-refractivity contribution in [3.63, 3.8) is 0 Å². The van der Waals surface area contributed by atoms with E-state index in [1.807, 2.05) is 37.4 Å². The highest BCUT2D eigenvalue weighted by atomic mass is 16.3. The Morgan fingerprint density at radius 1 is 1.11 bits per heavy atom. The topological polar surface area (TPSA) is 135 Å². The molecule has 0 spiro atoms. The smallest absolute Gasteiger partial charge is 0.151 e. The molecule has 0 unspecified atom stereocenters. The van der Waals surface area contributed by atoms with Crippen LogP contribution in [0.4, 0.5) is 11.6 Å². The van der Waals surface area contributed by atoms with Crippen molar-refractivity contribution in [3.8, 4) is 16.8 Å². The number of nitrogens with zero attached hydrogens (tertiary/aromatic N) is 5. The fourth-order valence-corrected chi connectivity index (χ4v) is 4.57. The third kappa shape index (κ3) is 4.56. The molecule has 1 saturated carbocycles. The van der Waals surface area contributed by atoms with Gasteiger partial charge >= 0.3 is 0 Å². The number of pyridine rings is 1. The van der Waals surface area contributed by atoms with E-state index in [-0.39, 0.29) is 12.1 Å². The van der Waals surface area contributed by atoms with Crippen molar-refractivity contribution in [2.45, 2.75) is 64.2 Å². The average molecular weight is 474 g/mol. The van der Waals surface area contributed by atoms with Crippen molar-refractivity contribution in [2.75, 3.05) is 11.1 Å². The molecule has 0 radical (unpaired) electrons. The minimum Gasteiger partial charge on any atom is -0.393 e. The van der Waals surface area contributed by atoms with E-state index in [4.69, 9.17) is 15.7 Å². The summed E-state index contributed by atoms with van der Waals surface area (Å²) in [6.45, 7) is 5.55. The normalized spacial score (nSPS) is 18.3. The number of aliphatic hydroxyl groups is 2. The molecule has 1 aromatic carbocycles. The van der Waals surface area contributed by atoms with E-state index < -0.39 is 5.60 Å². The van der Waals surface area contributed by atoms with Gasteiger partial charge in [-0.15, -0.1) is 0 Å². The van der Waals surface area contributed by atoms with Crippen LogP contribution in [0.5, 0.6) is 0 Å². The molecule has 0 aliphatic heterocycles.